The third-order valence-corrected chi connectivity index (χ3v) is 4.00. The van der Waals surface area contributed by atoms with Gasteiger partial charge in [0, 0.05) is 16.4 Å². The lowest BCUT2D eigenvalue weighted by atomic mass is 9.95. The van der Waals surface area contributed by atoms with E-state index in [0.717, 1.165) is 5.56 Å². The summed E-state index contributed by atoms with van der Waals surface area (Å²) in [5.74, 6) is -0.272. The summed E-state index contributed by atoms with van der Waals surface area (Å²) < 4.78 is 0. The Bertz CT molecular complexity index is 801. The molecule has 3 N–H and O–H groups in total. The quantitative estimate of drug-likeness (QED) is 0.798. The van der Waals surface area contributed by atoms with Crippen LogP contribution in [-0.2, 0) is 4.79 Å². The number of carbonyl (C=O) groups is 2. The van der Waals surface area contributed by atoms with Gasteiger partial charge in [-0.2, -0.15) is 0 Å². The van der Waals surface area contributed by atoms with Crippen LogP contribution in [0.25, 0.3) is 0 Å². The highest BCUT2D eigenvalue weighted by molar-refractivity contribution is 6.30. The van der Waals surface area contributed by atoms with E-state index in [9.17, 15) is 9.59 Å². The van der Waals surface area contributed by atoms with Gasteiger partial charge in [0.15, 0.2) is 0 Å². The number of rotatable bonds is 3. The molecule has 0 aromatic heterocycles. The molecule has 0 bridgehead atoms. The van der Waals surface area contributed by atoms with Crippen molar-refractivity contribution in [2.45, 2.75) is 13.0 Å². The predicted octanol–water partition coefficient (Wildman–Crippen LogP) is 3.61. The second-order valence-corrected chi connectivity index (χ2v) is 5.88. The zero-order chi connectivity index (χ0) is 17.1. The molecule has 2 aromatic rings. The maximum atomic E-state index is 12.7. The van der Waals surface area contributed by atoms with E-state index in [1.165, 1.54) is 0 Å². The first-order valence-corrected chi connectivity index (χ1v) is 7.82. The number of hydrogen-bond donors (Lipinski definition) is 3. The van der Waals surface area contributed by atoms with E-state index in [0.29, 0.717) is 22.0 Å². The number of nitrogens with one attached hydrogen (secondary N) is 3. The third kappa shape index (κ3) is 3.41. The molecule has 24 heavy (non-hydrogen) atoms. The Morgan fingerprint density at radius 3 is 2.42 bits per heavy atom. The molecular weight excluding hydrogens is 326 g/mol. The summed E-state index contributed by atoms with van der Waals surface area (Å²) in [4.78, 5) is 24.6. The van der Waals surface area contributed by atoms with Gasteiger partial charge in [-0.3, -0.25) is 4.79 Å². The molecule has 1 atom stereocenters. The zero-order valence-electron chi connectivity index (χ0n) is 13.0. The molecule has 0 aliphatic carbocycles. The molecule has 0 radical (unpaired) electrons. The van der Waals surface area contributed by atoms with Crippen LogP contribution in [0.4, 0.5) is 10.5 Å². The lowest BCUT2D eigenvalue weighted by molar-refractivity contribution is -0.113. The van der Waals surface area contributed by atoms with Crippen molar-refractivity contribution in [3.63, 3.8) is 0 Å². The molecule has 3 rings (SSSR count). The SMILES string of the molecule is CC1=C(C(=O)Nc2ccccc2)[C@@H](c2ccc(Cl)cc2)NC(=O)N1. The first-order valence-electron chi connectivity index (χ1n) is 7.45. The monoisotopic (exact) mass is 341 g/mol. The van der Waals surface area contributed by atoms with Crippen LogP contribution in [0.2, 0.25) is 5.02 Å². The highest BCUT2D eigenvalue weighted by Crippen LogP contribution is 2.28. The standard InChI is InChI=1S/C18H16ClN3O2/c1-11-15(17(23)21-14-5-3-2-4-6-14)16(22-18(24)20-11)12-7-9-13(19)10-8-12/h2-10,16H,1H3,(H,21,23)(H2,20,22,24)/t16-/m1/s1. The Balaban J connectivity index is 1.94. The molecule has 3 amide bonds. The molecule has 0 spiro atoms. The Morgan fingerprint density at radius 2 is 1.75 bits per heavy atom. The number of para-hydroxylation sites is 1. The lowest BCUT2D eigenvalue weighted by Crippen LogP contribution is -2.45. The van der Waals surface area contributed by atoms with E-state index in [-0.39, 0.29) is 11.9 Å². The summed E-state index contributed by atoms with van der Waals surface area (Å²) in [5.41, 5.74) is 2.45. The van der Waals surface area contributed by atoms with Crippen LogP contribution in [0.3, 0.4) is 0 Å². The van der Waals surface area contributed by atoms with Gasteiger partial charge in [-0.05, 0) is 36.8 Å². The van der Waals surface area contributed by atoms with E-state index < -0.39 is 6.04 Å². The molecule has 1 aliphatic rings. The van der Waals surface area contributed by atoms with E-state index >= 15 is 0 Å². The number of benzene rings is 2. The fraction of sp³-hybridized carbons (Fsp3) is 0.111. The minimum absolute atomic E-state index is 0.272. The van der Waals surface area contributed by atoms with Crippen LogP contribution < -0.4 is 16.0 Å². The molecular formula is C18H16ClN3O2. The van der Waals surface area contributed by atoms with Crippen LogP contribution in [0.1, 0.15) is 18.5 Å². The molecule has 0 fully saturated rings. The highest BCUT2D eigenvalue weighted by atomic mass is 35.5. The van der Waals surface area contributed by atoms with Gasteiger partial charge in [0.1, 0.15) is 0 Å². The molecule has 2 aromatic carbocycles. The molecule has 0 unspecified atom stereocenters. The molecule has 6 heteroatoms. The molecule has 1 heterocycles. The lowest BCUT2D eigenvalue weighted by Gasteiger charge is -2.28. The van der Waals surface area contributed by atoms with Crippen LogP contribution in [-0.4, -0.2) is 11.9 Å². The average molecular weight is 342 g/mol. The fourth-order valence-electron chi connectivity index (χ4n) is 2.62. The third-order valence-electron chi connectivity index (χ3n) is 3.75. The summed E-state index contributed by atoms with van der Waals surface area (Å²) in [6, 6.07) is 15.3. The second-order valence-electron chi connectivity index (χ2n) is 5.44. The molecule has 0 saturated heterocycles. The fourth-order valence-corrected chi connectivity index (χ4v) is 2.75. The van der Waals surface area contributed by atoms with Gasteiger partial charge in [0.05, 0.1) is 11.6 Å². The van der Waals surface area contributed by atoms with Crippen molar-refractivity contribution in [3.8, 4) is 0 Å². The first kappa shape index (κ1) is 16.1. The van der Waals surface area contributed by atoms with Crippen molar-refractivity contribution < 1.29 is 9.59 Å². The van der Waals surface area contributed by atoms with Gasteiger partial charge in [-0.1, -0.05) is 41.9 Å². The Kier molecular flexibility index (Phi) is 4.53. The summed E-state index contributed by atoms with van der Waals surface area (Å²) in [5, 5.41) is 8.88. The van der Waals surface area contributed by atoms with Crippen molar-refractivity contribution in [2.24, 2.45) is 0 Å². The minimum atomic E-state index is -0.542. The first-order chi connectivity index (χ1) is 11.5. The van der Waals surface area contributed by atoms with Crippen molar-refractivity contribution in [3.05, 3.63) is 76.5 Å². The summed E-state index contributed by atoms with van der Waals surface area (Å²) in [7, 11) is 0. The minimum Gasteiger partial charge on any atom is -0.327 e. The van der Waals surface area contributed by atoms with Crippen LogP contribution >= 0.6 is 11.6 Å². The van der Waals surface area contributed by atoms with Gasteiger partial charge in [-0.15, -0.1) is 0 Å². The van der Waals surface area contributed by atoms with Crippen LogP contribution in [0, 0.1) is 0 Å². The number of carbonyl (C=O) groups excluding carboxylic acids is 2. The van der Waals surface area contributed by atoms with Crippen LogP contribution in [0.15, 0.2) is 65.9 Å². The van der Waals surface area contributed by atoms with Gasteiger partial charge >= 0.3 is 6.03 Å². The molecule has 1 aliphatic heterocycles. The second kappa shape index (κ2) is 6.76. The Hall–Kier alpha value is -2.79. The number of urea groups is 1. The summed E-state index contributed by atoms with van der Waals surface area (Å²) in [6.45, 7) is 1.71. The van der Waals surface area contributed by atoms with E-state index in [4.69, 9.17) is 11.6 Å². The van der Waals surface area contributed by atoms with Gasteiger partial charge in [0.25, 0.3) is 5.91 Å². The zero-order valence-corrected chi connectivity index (χ0v) is 13.7. The Morgan fingerprint density at radius 1 is 1.08 bits per heavy atom. The van der Waals surface area contributed by atoms with E-state index in [1.807, 2.05) is 18.2 Å². The normalized spacial score (nSPS) is 17.1. The van der Waals surface area contributed by atoms with Crippen molar-refractivity contribution >= 4 is 29.2 Å². The number of allylic oxidation sites excluding steroid dienone is 1. The smallest absolute Gasteiger partial charge is 0.319 e. The maximum absolute atomic E-state index is 12.7. The summed E-state index contributed by atoms with van der Waals surface area (Å²) >= 11 is 5.92. The van der Waals surface area contributed by atoms with Crippen molar-refractivity contribution in [2.75, 3.05) is 5.32 Å². The van der Waals surface area contributed by atoms with Gasteiger partial charge < -0.3 is 16.0 Å². The number of anilines is 1. The van der Waals surface area contributed by atoms with Gasteiger partial charge in [0.2, 0.25) is 0 Å². The van der Waals surface area contributed by atoms with E-state index in [2.05, 4.69) is 16.0 Å². The topological polar surface area (TPSA) is 70.2 Å². The predicted molar refractivity (Wildman–Crippen MR) is 93.6 cm³/mol. The molecule has 0 saturated carbocycles. The average Bonchev–Trinajstić information content (AvgIpc) is 2.55. The van der Waals surface area contributed by atoms with Crippen molar-refractivity contribution in [1.29, 1.82) is 0 Å². The Labute approximate surface area is 144 Å². The van der Waals surface area contributed by atoms with E-state index in [1.54, 1.807) is 43.3 Å². The van der Waals surface area contributed by atoms with Crippen LogP contribution in [0.5, 0.6) is 0 Å². The maximum Gasteiger partial charge on any atom is 0.319 e. The molecule has 122 valence electrons. The largest absolute Gasteiger partial charge is 0.327 e. The summed E-state index contributed by atoms with van der Waals surface area (Å²) in [6.07, 6.45) is 0. The van der Waals surface area contributed by atoms with Crippen molar-refractivity contribution in [1.82, 2.24) is 10.6 Å². The number of halogens is 1. The number of amides is 3. The highest BCUT2D eigenvalue weighted by Gasteiger charge is 2.31. The molecule has 5 nitrogen and oxygen atoms in total. The van der Waals surface area contributed by atoms with Gasteiger partial charge in [-0.25, -0.2) is 4.79 Å². The number of hydrogen-bond acceptors (Lipinski definition) is 2.